The molecule has 0 atom stereocenters. The molecular weight excluding hydrogens is 703 g/mol. The molecule has 1 fully saturated rings. The Morgan fingerprint density at radius 3 is 1.10 bits per heavy atom. The molecule has 6 rings (SSSR count). The summed E-state index contributed by atoms with van der Waals surface area (Å²) in [5.41, 5.74) is 13.4. The fraction of sp³-hybridized carbons (Fsp3) is 0.388. The zero-order chi connectivity index (χ0) is 36.8. The van der Waals surface area contributed by atoms with Gasteiger partial charge < -0.3 is 0 Å². The molecular formula is C49H61GeNSi. The summed E-state index contributed by atoms with van der Waals surface area (Å²) in [6.45, 7) is 20.3. The molecule has 2 radical (unpaired) electrons. The van der Waals surface area contributed by atoms with Gasteiger partial charge in [-0.1, -0.05) is 0 Å². The second kappa shape index (κ2) is 17.2. The van der Waals surface area contributed by atoms with E-state index in [4.69, 9.17) is 0 Å². The Bertz CT molecular complexity index is 1620. The van der Waals surface area contributed by atoms with Crippen molar-refractivity contribution < 1.29 is 0 Å². The van der Waals surface area contributed by atoms with Crippen molar-refractivity contribution in [2.24, 2.45) is 0 Å². The molecule has 0 aliphatic heterocycles. The number of rotatable bonds is 14. The van der Waals surface area contributed by atoms with Gasteiger partial charge in [-0.3, -0.25) is 0 Å². The van der Waals surface area contributed by atoms with Gasteiger partial charge >= 0.3 is 326 Å². The van der Waals surface area contributed by atoms with E-state index in [1.54, 1.807) is 5.69 Å². The van der Waals surface area contributed by atoms with Crippen LogP contribution in [-0.2, 0) is 0 Å². The zero-order valence-corrected chi connectivity index (χ0v) is 36.1. The Labute approximate surface area is 324 Å². The van der Waals surface area contributed by atoms with E-state index < -0.39 is 23.9 Å². The number of nitrogens with zero attached hydrogens (tertiary/aromatic N) is 1. The van der Waals surface area contributed by atoms with Crippen molar-refractivity contribution in [2.45, 2.75) is 120 Å². The zero-order valence-electron chi connectivity index (χ0n) is 33.0. The molecule has 5 aromatic carbocycles. The standard InChI is InChI=1S/C49H61GeNSi/c1-35(2)43-33-45(47(39-23-13-9-14-24-39)40-25-15-10-16-26-40)49(46(34-43)48(41-27-17-11-18-28-41)42-29-19-12-20-30-42)51(50-44-31-21-22-32-44)52(36(3)4,37(5)6)38(7)8/h9-20,23-30,33-38,44,47-48H,21-22,31-32H2,1-8H3. The number of hydrogen-bond donors (Lipinski definition) is 0. The Morgan fingerprint density at radius 2 is 0.808 bits per heavy atom. The van der Waals surface area contributed by atoms with Crippen molar-refractivity contribution in [1.29, 1.82) is 0 Å². The second-order valence-corrected chi connectivity index (χ2v) is 26.3. The summed E-state index contributed by atoms with van der Waals surface area (Å²) in [6.07, 6.45) is 5.57. The third-order valence-corrected chi connectivity index (χ3v) is 24.7. The van der Waals surface area contributed by atoms with E-state index in [-0.39, 0.29) is 11.8 Å². The van der Waals surface area contributed by atoms with Gasteiger partial charge in [-0.15, -0.1) is 0 Å². The fourth-order valence-electron chi connectivity index (χ4n) is 9.80. The fourth-order valence-corrected chi connectivity index (χ4v) is 26.4. The van der Waals surface area contributed by atoms with E-state index in [9.17, 15) is 0 Å². The summed E-state index contributed by atoms with van der Waals surface area (Å²) in [5, 5.41) is 0. The summed E-state index contributed by atoms with van der Waals surface area (Å²) >= 11 is -0.508. The molecule has 1 saturated carbocycles. The van der Waals surface area contributed by atoms with Crippen LogP contribution in [0.2, 0.25) is 21.4 Å². The van der Waals surface area contributed by atoms with Crippen molar-refractivity contribution >= 4 is 29.6 Å². The quantitative estimate of drug-likeness (QED) is 0.0804. The molecule has 0 aromatic heterocycles. The van der Waals surface area contributed by atoms with Gasteiger partial charge in [0.2, 0.25) is 0 Å². The Kier molecular flexibility index (Phi) is 12.7. The van der Waals surface area contributed by atoms with Crippen LogP contribution >= 0.6 is 0 Å². The first-order chi connectivity index (χ1) is 25.1. The number of anilines is 1. The molecule has 0 bridgehead atoms. The SMILES string of the molecule is CC(C)c1cc(C(c2ccccc2)c2ccccc2)c([N]([Ge][CH]2CCCC2)[Si](C(C)C)(C(C)C)C(C)C)c(C(c2ccccc2)c2ccccc2)c1. The predicted octanol–water partition coefficient (Wildman–Crippen LogP) is 14.1. The molecule has 0 spiro atoms. The molecule has 1 nitrogen and oxygen atoms in total. The third kappa shape index (κ3) is 7.80. The van der Waals surface area contributed by atoms with Crippen LogP contribution in [-0.4, -0.2) is 23.9 Å². The Hall–Kier alpha value is -3.34. The van der Waals surface area contributed by atoms with Crippen molar-refractivity contribution in [3.05, 3.63) is 172 Å². The average molecular weight is 765 g/mol. The predicted molar refractivity (Wildman–Crippen MR) is 230 cm³/mol. The first-order valence-corrected chi connectivity index (χ1v) is 24.4. The number of benzene rings is 5. The van der Waals surface area contributed by atoms with Gasteiger partial charge in [-0.05, 0) is 0 Å². The molecule has 5 aromatic rings. The molecule has 0 saturated heterocycles. The summed E-state index contributed by atoms with van der Waals surface area (Å²) in [4.78, 5) is 0. The van der Waals surface area contributed by atoms with E-state index in [0.29, 0.717) is 22.5 Å². The van der Waals surface area contributed by atoms with E-state index in [2.05, 4.69) is 192 Å². The van der Waals surface area contributed by atoms with Gasteiger partial charge in [0.15, 0.2) is 0 Å². The van der Waals surface area contributed by atoms with Crippen molar-refractivity contribution in [2.75, 3.05) is 3.52 Å². The van der Waals surface area contributed by atoms with E-state index in [0.717, 1.165) is 4.75 Å². The van der Waals surface area contributed by atoms with E-state index >= 15 is 0 Å². The van der Waals surface area contributed by atoms with Gasteiger partial charge in [0, 0.05) is 0 Å². The van der Waals surface area contributed by atoms with E-state index in [1.165, 1.54) is 64.6 Å². The van der Waals surface area contributed by atoms with Gasteiger partial charge in [-0.25, -0.2) is 0 Å². The minimum atomic E-state index is -2.18. The molecule has 0 amide bonds. The second-order valence-electron chi connectivity index (χ2n) is 16.5. The molecule has 52 heavy (non-hydrogen) atoms. The summed E-state index contributed by atoms with van der Waals surface area (Å²) in [7, 11) is -2.18. The molecule has 0 N–H and O–H groups in total. The minimum absolute atomic E-state index is 0.123. The van der Waals surface area contributed by atoms with Gasteiger partial charge in [0.1, 0.15) is 0 Å². The van der Waals surface area contributed by atoms with Crippen LogP contribution in [0.25, 0.3) is 0 Å². The van der Waals surface area contributed by atoms with Gasteiger partial charge in [0.25, 0.3) is 0 Å². The van der Waals surface area contributed by atoms with Crippen LogP contribution in [0.15, 0.2) is 133 Å². The van der Waals surface area contributed by atoms with Crippen LogP contribution < -0.4 is 3.52 Å². The maximum atomic E-state index is 3.30. The van der Waals surface area contributed by atoms with Crippen molar-refractivity contribution in [3.8, 4) is 0 Å². The number of hydrogen-bond acceptors (Lipinski definition) is 1. The van der Waals surface area contributed by atoms with E-state index in [1.807, 2.05) is 0 Å². The average Bonchev–Trinajstić information content (AvgIpc) is 3.66. The summed E-state index contributed by atoms with van der Waals surface area (Å²) in [6, 6.07) is 51.0. The van der Waals surface area contributed by atoms with Crippen LogP contribution in [0.1, 0.15) is 138 Å². The first-order valence-electron chi connectivity index (χ1n) is 20.1. The first kappa shape index (κ1) is 38.4. The molecule has 1 aliphatic rings. The Balaban J connectivity index is 1.83. The normalized spacial score (nSPS) is 14.1. The van der Waals surface area contributed by atoms with Crippen LogP contribution in [0, 0.1) is 0 Å². The van der Waals surface area contributed by atoms with Gasteiger partial charge in [-0.2, -0.15) is 0 Å². The van der Waals surface area contributed by atoms with Crippen LogP contribution in [0.4, 0.5) is 5.69 Å². The summed E-state index contributed by atoms with van der Waals surface area (Å²) < 4.78 is 4.14. The van der Waals surface area contributed by atoms with Crippen LogP contribution in [0.3, 0.4) is 0 Å². The molecule has 270 valence electrons. The third-order valence-electron chi connectivity index (χ3n) is 12.1. The monoisotopic (exact) mass is 765 g/mol. The van der Waals surface area contributed by atoms with Crippen molar-refractivity contribution in [3.63, 3.8) is 0 Å². The topological polar surface area (TPSA) is 3.24 Å². The molecule has 0 heterocycles. The molecule has 1 aliphatic carbocycles. The maximum absolute atomic E-state index is 3.30. The van der Waals surface area contributed by atoms with Gasteiger partial charge in [0.05, 0.1) is 0 Å². The molecule has 3 heteroatoms. The molecule has 0 unspecified atom stereocenters. The van der Waals surface area contributed by atoms with Crippen LogP contribution in [0.5, 0.6) is 0 Å². The summed E-state index contributed by atoms with van der Waals surface area (Å²) in [5.74, 6) is 0.642. The Morgan fingerprint density at radius 1 is 0.481 bits per heavy atom. The van der Waals surface area contributed by atoms with Crippen molar-refractivity contribution in [1.82, 2.24) is 0 Å².